The molecule has 1 aromatic rings. The summed E-state index contributed by atoms with van der Waals surface area (Å²) < 4.78 is 5.78. The predicted molar refractivity (Wildman–Crippen MR) is 91.8 cm³/mol. The third-order valence-corrected chi connectivity index (χ3v) is 4.59. The van der Waals surface area contributed by atoms with E-state index in [0.29, 0.717) is 55.2 Å². The second-order valence-electron chi connectivity index (χ2n) is 5.70. The molecule has 130 valence electrons. The van der Waals surface area contributed by atoms with Gasteiger partial charge >= 0.3 is 0 Å². The molecule has 0 saturated carbocycles. The lowest BCUT2D eigenvalue weighted by Gasteiger charge is -2.34. The largest absolute Gasteiger partial charge is 0.357 e. The van der Waals surface area contributed by atoms with Gasteiger partial charge in [-0.1, -0.05) is 17.7 Å². The maximum Gasteiger partial charge on any atom is 0.286 e. The van der Waals surface area contributed by atoms with Gasteiger partial charge in [0.2, 0.25) is 0 Å². The first kappa shape index (κ1) is 17.3. The van der Waals surface area contributed by atoms with Crippen molar-refractivity contribution in [3.63, 3.8) is 0 Å². The lowest BCUT2D eigenvalue weighted by atomic mass is 10.1. The van der Waals surface area contributed by atoms with Crippen LogP contribution >= 0.6 is 23.2 Å². The van der Waals surface area contributed by atoms with Crippen molar-refractivity contribution >= 4 is 29.0 Å². The Morgan fingerprint density at radius 1 is 1.46 bits per heavy atom. The first-order valence-electron chi connectivity index (χ1n) is 7.75. The standard InChI is InChI=1S/C15H18Cl2N4O3/c1-10-2-4-12(17)18-14(10)20-8-7-19-13(24-9-6-16)5-3-11(15(19)20)21(22)23/h2,4,13H,3,5-9H2,1H3. The molecule has 0 aliphatic carbocycles. The van der Waals surface area contributed by atoms with E-state index in [4.69, 9.17) is 27.9 Å². The van der Waals surface area contributed by atoms with Crippen molar-refractivity contribution in [3.8, 4) is 0 Å². The molecule has 0 N–H and O–H groups in total. The smallest absolute Gasteiger partial charge is 0.286 e. The summed E-state index contributed by atoms with van der Waals surface area (Å²) in [4.78, 5) is 19.4. The number of aryl methyl sites for hydroxylation is 1. The molecule has 7 nitrogen and oxygen atoms in total. The number of alkyl halides is 1. The number of allylic oxidation sites excluding steroid dienone is 1. The van der Waals surface area contributed by atoms with E-state index in [1.807, 2.05) is 22.8 Å². The molecule has 1 unspecified atom stereocenters. The molecule has 2 aliphatic rings. The second kappa shape index (κ2) is 7.13. The molecular formula is C15H18Cl2N4O3. The van der Waals surface area contributed by atoms with Crippen molar-refractivity contribution in [1.29, 1.82) is 0 Å². The van der Waals surface area contributed by atoms with Gasteiger partial charge in [-0.05, 0) is 18.6 Å². The number of rotatable bonds is 5. The fourth-order valence-electron chi connectivity index (χ4n) is 3.21. The normalized spacial score (nSPS) is 20.5. The zero-order chi connectivity index (χ0) is 17.3. The maximum absolute atomic E-state index is 11.5. The molecular weight excluding hydrogens is 355 g/mol. The lowest BCUT2D eigenvalue weighted by molar-refractivity contribution is -0.432. The Morgan fingerprint density at radius 2 is 2.25 bits per heavy atom. The summed E-state index contributed by atoms with van der Waals surface area (Å²) in [6.45, 7) is 3.56. The van der Waals surface area contributed by atoms with Gasteiger partial charge in [-0.2, -0.15) is 0 Å². The first-order chi connectivity index (χ1) is 11.5. The zero-order valence-corrected chi connectivity index (χ0v) is 14.8. The van der Waals surface area contributed by atoms with Crippen molar-refractivity contribution in [2.24, 2.45) is 0 Å². The Morgan fingerprint density at radius 3 is 2.96 bits per heavy atom. The number of hydrogen-bond donors (Lipinski definition) is 0. The highest BCUT2D eigenvalue weighted by Crippen LogP contribution is 2.37. The number of hydrogen-bond acceptors (Lipinski definition) is 6. The molecule has 1 saturated heterocycles. The first-order valence-corrected chi connectivity index (χ1v) is 8.66. The van der Waals surface area contributed by atoms with E-state index in [0.717, 1.165) is 5.56 Å². The average molecular weight is 373 g/mol. The molecule has 24 heavy (non-hydrogen) atoms. The van der Waals surface area contributed by atoms with Crippen LogP contribution in [-0.4, -0.2) is 46.6 Å². The summed E-state index contributed by atoms with van der Waals surface area (Å²) >= 11 is 11.7. The molecule has 0 amide bonds. The number of ether oxygens (including phenoxy) is 1. The predicted octanol–water partition coefficient (Wildman–Crippen LogP) is 2.99. The minimum atomic E-state index is -0.307. The van der Waals surface area contributed by atoms with Crippen molar-refractivity contribution < 1.29 is 9.66 Å². The van der Waals surface area contributed by atoms with Crippen LogP contribution in [0.5, 0.6) is 0 Å². The zero-order valence-electron chi connectivity index (χ0n) is 13.2. The van der Waals surface area contributed by atoms with E-state index < -0.39 is 0 Å². The molecule has 1 fully saturated rings. The summed E-state index contributed by atoms with van der Waals surface area (Å²) in [6.07, 6.45) is 0.723. The van der Waals surface area contributed by atoms with Gasteiger partial charge in [-0.15, -0.1) is 11.6 Å². The molecule has 9 heteroatoms. The van der Waals surface area contributed by atoms with Crippen LogP contribution in [0.1, 0.15) is 18.4 Å². The van der Waals surface area contributed by atoms with Crippen LogP contribution in [0, 0.1) is 17.0 Å². The van der Waals surface area contributed by atoms with Gasteiger partial charge in [0.25, 0.3) is 5.70 Å². The molecule has 3 rings (SSSR count). The quantitative estimate of drug-likeness (QED) is 0.342. The molecule has 2 aliphatic heterocycles. The van der Waals surface area contributed by atoms with Crippen molar-refractivity contribution in [3.05, 3.63) is 44.5 Å². The fraction of sp³-hybridized carbons (Fsp3) is 0.533. The number of fused-ring (bicyclic) bond motifs is 1. The topological polar surface area (TPSA) is 71.7 Å². The van der Waals surface area contributed by atoms with Gasteiger partial charge in [-0.25, -0.2) is 4.98 Å². The highest BCUT2D eigenvalue weighted by Gasteiger charge is 2.43. The minimum absolute atomic E-state index is 0.194. The third kappa shape index (κ3) is 3.16. The molecule has 1 atom stereocenters. The Labute approximate surface area is 149 Å². The van der Waals surface area contributed by atoms with E-state index in [-0.39, 0.29) is 16.8 Å². The van der Waals surface area contributed by atoms with Crippen LogP contribution < -0.4 is 4.90 Å². The monoisotopic (exact) mass is 372 g/mol. The van der Waals surface area contributed by atoms with E-state index in [9.17, 15) is 10.1 Å². The molecule has 0 aromatic carbocycles. The average Bonchev–Trinajstić information content (AvgIpc) is 2.99. The molecule has 3 heterocycles. The van der Waals surface area contributed by atoms with Crippen molar-refractivity contribution in [2.75, 3.05) is 30.5 Å². The van der Waals surface area contributed by atoms with Crippen LogP contribution in [-0.2, 0) is 4.74 Å². The number of anilines is 1. The van der Waals surface area contributed by atoms with Gasteiger partial charge in [0, 0.05) is 31.8 Å². The van der Waals surface area contributed by atoms with E-state index in [2.05, 4.69) is 4.98 Å². The summed E-state index contributed by atoms with van der Waals surface area (Å²) in [5.74, 6) is 1.60. The number of nitro groups is 1. The second-order valence-corrected chi connectivity index (χ2v) is 6.47. The van der Waals surface area contributed by atoms with Crippen LogP contribution in [0.3, 0.4) is 0 Å². The summed E-state index contributed by atoms with van der Waals surface area (Å²) in [7, 11) is 0. The summed E-state index contributed by atoms with van der Waals surface area (Å²) in [5, 5.41) is 11.9. The SMILES string of the molecule is Cc1ccc(Cl)nc1N1CCN2C1=C([N+](=O)[O-])CCC2OCCCl. The van der Waals surface area contributed by atoms with Crippen LogP contribution in [0.4, 0.5) is 5.82 Å². The molecule has 0 spiro atoms. The van der Waals surface area contributed by atoms with E-state index in [1.165, 1.54) is 0 Å². The van der Waals surface area contributed by atoms with Crippen LogP contribution in [0.2, 0.25) is 5.15 Å². The Kier molecular flexibility index (Phi) is 5.12. The highest BCUT2D eigenvalue weighted by molar-refractivity contribution is 6.29. The number of pyridine rings is 1. The van der Waals surface area contributed by atoms with Gasteiger partial charge in [0.1, 0.15) is 17.2 Å². The molecule has 0 radical (unpaired) electrons. The van der Waals surface area contributed by atoms with Crippen molar-refractivity contribution in [1.82, 2.24) is 9.88 Å². The summed E-state index contributed by atoms with van der Waals surface area (Å²) in [6, 6.07) is 3.58. The Balaban J connectivity index is 2.00. The van der Waals surface area contributed by atoms with Crippen LogP contribution in [0.15, 0.2) is 23.7 Å². The number of aromatic nitrogens is 1. The highest BCUT2D eigenvalue weighted by atomic mass is 35.5. The molecule has 1 aromatic heterocycles. The van der Waals surface area contributed by atoms with E-state index >= 15 is 0 Å². The van der Waals surface area contributed by atoms with Gasteiger partial charge in [0.05, 0.1) is 11.5 Å². The van der Waals surface area contributed by atoms with E-state index in [1.54, 1.807) is 6.07 Å². The maximum atomic E-state index is 11.5. The van der Waals surface area contributed by atoms with Crippen molar-refractivity contribution in [2.45, 2.75) is 26.0 Å². The Hall–Kier alpha value is -1.57. The van der Waals surface area contributed by atoms with Gasteiger partial charge in [-0.3, -0.25) is 10.1 Å². The number of halogens is 2. The molecule has 0 bridgehead atoms. The third-order valence-electron chi connectivity index (χ3n) is 4.23. The fourth-order valence-corrected chi connectivity index (χ4v) is 3.44. The lowest BCUT2D eigenvalue weighted by Crippen LogP contribution is -2.41. The van der Waals surface area contributed by atoms with Gasteiger partial charge < -0.3 is 14.5 Å². The number of nitrogens with zero attached hydrogens (tertiary/aromatic N) is 4. The van der Waals surface area contributed by atoms with Gasteiger partial charge in [0.15, 0.2) is 5.82 Å². The summed E-state index contributed by atoms with van der Waals surface area (Å²) in [5.41, 5.74) is 1.11. The Bertz CT molecular complexity index is 683. The minimum Gasteiger partial charge on any atom is -0.357 e. The van der Waals surface area contributed by atoms with Crippen LogP contribution in [0.25, 0.3) is 0 Å².